The van der Waals surface area contributed by atoms with E-state index in [1.165, 1.54) is 0 Å². The minimum absolute atomic E-state index is 0.0744. The van der Waals surface area contributed by atoms with Crippen molar-refractivity contribution >= 4 is 46.4 Å². The summed E-state index contributed by atoms with van der Waals surface area (Å²) in [7, 11) is 0. The van der Waals surface area contributed by atoms with E-state index in [9.17, 15) is 9.59 Å². The van der Waals surface area contributed by atoms with Crippen LogP contribution in [0.5, 0.6) is 0 Å². The predicted octanol–water partition coefficient (Wildman–Crippen LogP) is 4.39. The van der Waals surface area contributed by atoms with E-state index in [0.29, 0.717) is 10.7 Å². The summed E-state index contributed by atoms with van der Waals surface area (Å²) >= 11 is 12.0. The Kier molecular flexibility index (Phi) is 4.35. The van der Waals surface area contributed by atoms with Gasteiger partial charge in [0.25, 0.3) is 11.8 Å². The van der Waals surface area contributed by atoms with Crippen LogP contribution in [0.15, 0.2) is 53.2 Å². The Morgan fingerprint density at radius 1 is 0.917 bits per heavy atom. The fourth-order valence-electron chi connectivity index (χ4n) is 2.46. The summed E-state index contributed by atoms with van der Waals surface area (Å²) in [6.45, 7) is 3.91. The second kappa shape index (κ2) is 6.30. The maximum atomic E-state index is 12.7. The molecule has 6 heteroatoms. The molecule has 0 spiro atoms. The first-order chi connectivity index (χ1) is 11.4. The van der Waals surface area contributed by atoms with Gasteiger partial charge in [0.1, 0.15) is 10.7 Å². The molecule has 3 rings (SSSR count). The summed E-state index contributed by atoms with van der Waals surface area (Å²) in [5.41, 5.74) is 3.29. The number of nitrogens with zero attached hydrogens (tertiary/aromatic N) is 1. The third kappa shape index (κ3) is 2.79. The van der Waals surface area contributed by atoms with Gasteiger partial charge < -0.3 is 5.32 Å². The molecule has 122 valence electrons. The first kappa shape index (κ1) is 16.6. The SMILES string of the molecule is Cc1cccc(NC2=C(Cl)C(=O)N(c3ccc(Cl)cc3)C2=O)c1C. The van der Waals surface area contributed by atoms with Crippen LogP contribution in [0.4, 0.5) is 11.4 Å². The number of rotatable bonds is 3. The average molecular weight is 361 g/mol. The lowest BCUT2D eigenvalue weighted by Gasteiger charge is -2.16. The molecule has 0 aromatic heterocycles. The number of hydrogen-bond acceptors (Lipinski definition) is 3. The van der Waals surface area contributed by atoms with E-state index in [1.54, 1.807) is 24.3 Å². The summed E-state index contributed by atoms with van der Waals surface area (Å²) in [4.78, 5) is 26.1. The standard InChI is InChI=1S/C18H14Cl2N2O2/c1-10-4-3-5-14(11(10)2)21-16-15(20)17(23)22(18(16)24)13-8-6-12(19)7-9-13/h3-9,21H,1-2H3. The molecule has 0 atom stereocenters. The number of carbonyl (C=O) groups is 2. The Labute approximate surface area is 149 Å². The van der Waals surface area contributed by atoms with Crippen LogP contribution < -0.4 is 10.2 Å². The molecule has 0 unspecified atom stereocenters. The number of anilines is 2. The molecule has 2 aromatic carbocycles. The van der Waals surface area contributed by atoms with Crippen LogP contribution in [-0.4, -0.2) is 11.8 Å². The molecule has 0 fully saturated rings. The van der Waals surface area contributed by atoms with Crippen molar-refractivity contribution in [2.75, 3.05) is 10.2 Å². The lowest BCUT2D eigenvalue weighted by atomic mass is 10.1. The van der Waals surface area contributed by atoms with Gasteiger partial charge in [-0.3, -0.25) is 9.59 Å². The number of carbonyl (C=O) groups excluding carboxylic acids is 2. The maximum Gasteiger partial charge on any atom is 0.283 e. The quantitative estimate of drug-likeness (QED) is 0.825. The molecule has 1 heterocycles. The largest absolute Gasteiger partial charge is 0.349 e. The Balaban J connectivity index is 1.95. The number of benzene rings is 2. The van der Waals surface area contributed by atoms with Gasteiger partial charge in [-0.05, 0) is 55.3 Å². The number of hydrogen-bond donors (Lipinski definition) is 1. The highest BCUT2D eigenvalue weighted by atomic mass is 35.5. The van der Waals surface area contributed by atoms with E-state index in [2.05, 4.69) is 5.32 Å². The molecule has 1 aliphatic rings. The molecule has 24 heavy (non-hydrogen) atoms. The van der Waals surface area contributed by atoms with Crippen LogP contribution in [0.25, 0.3) is 0 Å². The Bertz CT molecular complexity index is 873. The van der Waals surface area contributed by atoms with Crippen LogP contribution in [0.2, 0.25) is 5.02 Å². The Morgan fingerprint density at radius 2 is 1.58 bits per heavy atom. The second-order valence-corrected chi connectivity index (χ2v) is 6.30. The van der Waals surface area contributed by atoms with Crippen LogP contribution in [0.3, 0.4) is 0 Å². The summed E-state index contributed by atoms with van der Waals surface area (Å²) in [5, 5.41) is 3.39. The van der Waals surface area contributed by atoms with Crippen molar-refractivity contribution in [3.8, 4) is 0 Å². The van der Waals surface area contributed by atoms with Crippen LogP contribution >= 0.6 is 23.2 Å². The number of halogens is 2. The zero-order valence-electron chi connectivity index (χ0n) is 13.1. The summed E-state index contributed by atoms with van der Waals surface area (Å²) in [6, 6.07) is 12.1. The predicted molar refractivity (Wildman–Crippen MR) is 96.4 cm³/mol. The normalized spacial score (nSPS) is 14.6. The molecule has 2 aromatic rings. The Morgan fingerprint density at radius 3 is 2.25 bits per heavy atom. The molecule has 0 bridgehead atoms. The van der Waals surface area contributed by atoms with E-state index in [0.717, 1.165) is 21.7 Å². The summed E-state index contributed by atoms with van der Waals surface area (Å²) < 4.78 is 0. The van der Waals surface area contributed by atoms with Gasteiger partial charge in [0.15, 0.2) is 0 Å². The highest BCUT2D eigenvalue weighted by molar-refractivity contribution is 6.53. The monoisotopic (exact) mass is 360 g/mol. The lowest BCUT2D eigenvalue weighted by molar-refractivity contribution is -0.120. The van der Waals surface area contributed by atoms with E-state index in [4.69, 9.17) is 23.2 Å². The topological polar surface area (TPSA) is 49.4 Å². The molecular formula is C18H14Cl2N2O2. The summed E-state index contributed by atoms with van der Waals surface area (Å²) in [5.74, 6) is -1.05. The highest BCUT2D eigenvalue weighted by Gasteiger charge is 2.39. The fraction of sp³-hybridized carbons (Fsp3) is 0.111. The van der Waals surface area contributed by atoms with Crippen molar-refractivity contribution in [3.63, 3.8) is 0 Å². The first-order valence-corrected chi connectivity index (χ1v) is 8.03. The number of aryl methyl sites for hydroxylation is 1. The van der Waals surface area contributed by atoms with Crippen molar-refractivity contribution in [1.82, 2.24) is 0 Å². The Hall–Kier alpha value is -2.30. The molecular weight excluding hydrogens is 347 g/mol. The molecule has 0 saturated carbocycles. The van der Waals surface area contributed by atoms with Gasteiger partial charge in [0.2, 0.25) is 0 Å². The van der Waals surface area contributed by atoms with Crippen molar-refractivity contribution in [2.45, 2.75) is 13.8 Å². The number of amides is 2. The van der Waals surface area contributed by atoms with Gasteiger partial charge in [-0.15, -0.1) is 0 Å². The molecule has 0 radical (unpaired) electrons. The van der Waals surface area contributed by atoms with Gasteiger partial charge in [-0.1, -0.05) is 35.3 Å². The van der Waals surface area contributed by atoms with Crippen molar-refractivity contribution in [3.05, 3.63) is 69.3 Å². The molecule has 2 amide bonds. The van der Waals surface area contributed by atoms with Crippen molar-refractivity contribution < 1.29 is 9.59 Å². The zero-order chi connectivity index (χ0) is 17.4. The van der Waals surface area contributed by atoms with Gasteiger partial charge in [-0.2, -0.15) is 0 Å². The maximum absolute atomic E-state index is 12.7. The zero-order valence-corrected chi connectivity index (χ0v) is 14.6. The molecule has 1 aliphatic heterocycles. The number of imide groups is 1. The van der Waals surface area contributed by atoms with E-state index < -0.39 is 11.8 Å². The van der Waals surface area contributed by atoms with Gasteiger partial charge >= 0.3 is 0 Å². The smallest absolute Gasteiger partial charge is 0.283 e. The minimum atomic E-state index is -0.559. The molecule has 0 aliphatic carbocycles. The molecule has 1 N–H and O–H groups in total. The molecule has 0 saturated heterocycles. The van der Waals surface area contributed by atoms with Crippen LogP contribution in [-0.2, 0) is 9.59 Å². The van der Waals surface area contributed by atoms with E-state index in [1.807, 2.05) is 32.0 Å². The highest BCUT2D eigenvalue weighted by Crippen LogP contribution is 2.31. The number of nitrogens with one attached hydrogen (secondary N) is 1. The lowest BCUT2D eigenvalue weighted by Crippen LogP contribution is -2.32. The average Bonchev–Trinajstić information content (AvgIpc) is 2.76. The van der Waals surface area contributed by atoms with Gasteiger partial charge in [0, 0.05) is 10.7 Å². The van der Waals surface area contributed by atoms with Crippen molar-refractivity contribution in [2.24, 2.45) is 0 Å². The van der Waals surface area contributed by atoms with E-state index >= 15 is 0 Å². The van der Waals surface area contributed by atoms with Gasteiger partial charge in [-0.25, -0.2) is 4.90 Å². The van der Waals surface area contributed by atoms with Crippen molar-refractivity contribution in [1.29, 1.82) is 0 Å². The minimum Gasteiger partial charge on any atom is -0.349 e. The first-order valence-electron chi connectivity index (χ1n) is 7.27. The van der Waals surface area contributed by atoms with Gasteiger partial charge in [0.05, 0.1) is 5.69 Å². The molecule has 4 nitrogen and oxygen atoms in total. The van der Waals surface area contributed by atoms with Crippen LogP contribution in [0, 0.1) is 13.8 Å². The van der Waals surface area contributed by atoms with E-state index in [-0.39, 0.29) is 10.7 Å². The second-order valence-electron chi connectivity index (χ2n) is 5.48. The third-order valence-electron chi connectivity index (χ3n) is 3.98. The summed E-state index contributed by atoms with van der Waals surface area (Å²) in [6.07, 6.45) is 0. The third-order valence-corrected chi connectivity index (χ3v) is 4.58. The fourth-order valence-corrected chi connectivity index (χ4v) is 2.80. The van der Waals surface area contributed by atoms with Crippen LogP contribution in [0.1, 0.15) is 11.1 Å².